The molecule has 0 bridgehead atoms. The number of benzene rings is 1. The van der Waals surface area contributed by atoms with Crippen LogP contribution in [0.2, 0.25) is 0 Å². The van der Waals surface area contributed by atoms with Gasteiger partial charge in [-0.3, -0.25) is 4.99 Å². The number of thioether (sulfide) groups is 1. The fourth-order valence-corrected chi connectivity index (χ4v) is 2.17. The highest BCUT2D eigenvalue weighted by Gasteiger charge is 1.99. The number of amidine groups is 1. The minimum absolute atomic E-state index is 0.907. The first-order valence-corrected chi connectivity index (χ1v) is 6.80. The van der Waals surface area contributed by atoms with E-state index in [1.165, 1.54) is 5.56 Å². The molecule has 0 aliphatic heterocycles. The fraction of sp³-hybridized carbons (Fsp3) is 0.462. The first kappa shape index (κ1) is 13.1. The van der Waals surface area contributed by atoms with Crippen LogP contribution in [0.15, 0.2) is 35.3 Å². The summed E-state index contributed by atoms with van der Waals surface area (Å²) in [7, 11) is 0. The fourth-order valence-electron chi connectivity index (χ4n) is 1.24. The molecule has 0 fully saturated rings. The van der Waals surface area contributed by atoms with Crippen molar-refractivity contribution in [1.82, 2.24) is 5.32 Å². The zero-order valence-corrected chi connectivity index (χ0v) is 10.9. The lowest BCUT2D eigenvalue weighted by molar-refractivity contribution is 0.907. The van der Waals surface area contributed by atoms with Gasteiger partial charge in [0, 0.05) is 18.8 Å². The number of nitrogens with zero attached hydrogens (tertiary/aromatic N) is 1. The summed E-state index contributed by atoms with van der Waals surface area (Å²) in [6, 6.07) is 10.5. The van der Waals surface area contributed by atoms with Crippen LogP contribution >= 0.6 is 11.8 Å². The summed E-state index contributed by atoms with van der Waals surface area (Å²) in [5, 5.41) is 4.36. The Labute approximate surface area is 103 Å². The van der Waals surface area contributed by atoms with Gasteiger partial charge in [-0.15, -0.1) is 0 Å². The highest BCUT2D eigenvalue weighted by atomic mass is 32.2. The van der Waals surface area contributed by atoms with Gasteiger partial charge in [-0.2, -0.15) is 0 Å². The van der Waals surface area contributed by atoms with Crippen LogP contribution in [-0.2, 0) is 5.75 Å². The molecular formula is C13H20N2S. The molecule has 0 amide bonds. The average Bonchev–Trinajstić information content (AvgIpc) is 2.34. The summed E-state index contributed by atoms with van der Waals surface area (Å²) in [5.41, 5.74) is 1.34. The lowest BCUT2D eigenvalue weighted by Crippen LogP contribution is -2.20. The lowest BCUT2D eigenvalue weighted by atomic mass is 10.2. The van der Waals surface area contributed by atoms with E-state index in [1.54, 1.807) is 11.8 Å². The van der Waals surface area contributed by atoms with Gasteiger partial charge in [0.1, 0.15) is 0 Å². The second-order valence-corrected chi connectivity index (χ2v) is 4.46. The maximum Gasteiger partial charge on any atom is 0.156 e. The van der Waals surface area contributed by atoms with Crippen molar-refractivity contribution < 1.29 is 0 Å². The van der Waals surface area contributed by atoms with Crippen molar-refractivity contribution in [2.75, 3.05) is 13.1 Å². The van der Waals surface area contributed by atoms with E-state index < -0.39 is 0 Å². The Morgan fingerprint density at radius 2 is 2.00 bits per heavy atom. The van der Waals surface area contributed by atoms with E-state index in [0.29, 0.717) is 0 Å². The van der Waals surface area contributed by atoms with Gasteiger partial charge in [0.2, 0.25) is 0 Å². The lowest BCUT2D eigenvalue weighted by Gasteiger charge is -2.07. The van der Waals surface area contributed by atoms with Crippen LogP contribution in [0, 0.1) is 0 Å². The van der Waals surface area contributed by atoms with E-state index in [4.69, 9.17) is 0 Å². The molecule has 88 valence electrons. The molecule has 0 aliphatic rings. The summed E-state index contributed by atoms with van der Waals surface area (Å²) in [6.07, 6.45) is 1.10. The summed E-state index contributed by atoms with van der Waals surface area (Å²) >= 11 is 1.78. The quantitative estimate of drug-likeness (QED) is 0.626. The van der Waals surface area contributed by atoms with Crippen LogP contribution in [0.5, 0.6) is 0 Å². The third kappa shape index (κ3) is 5.21. The number of rotatable bonds is 5. The van der Waals surface area contributed by atoms with E-state index in [-0.39, 0.29) is 0 Å². The molecule has 0 unspecified atom stereocenters. The van der Waals surface area contributed by atoms with Crippen molar-refractivity contribution in [3.8, 4) is 0 Å². The molecule has 16 heavy (non-hydrogen) atoms. The molecule has 0 spiro atoms. The first-order valence-electron chi connectivity index (χ1n) is 5.81. The Morgan fingerprint density at radius 3 is 2.62 bits per heavy atom. The second-order valence-electron chi connectivity index (χ2n) is 3.49. The van der Waals surface area contributed by atoms with Gasteiger partial charge in [-0.05, 0) is 18.9 Å². The Kier molecular flexibility index (Phi) is 6.74. The van der Waals surface area contributed by atoms with E-state index in [1.807, 2.05) is 6.07 Å². The van der Waals surface area contributed by atoms with Gasteiger partial charge in [0.25, 0.3) is 0 Å². The van der Waals surface area contributed by atoms with Crippen LogP contribution in [0.4, 0.5) is 0 Å². The average molecular weight is 236 g/mol. The SMILES string of the molecule is CCCN=C(NCC)SCc1ccccc1. The third-order valence-electron chi connectivity index (χ3n) is 2.03. The molecular weight excluding hydrogens is 216 g/mol. The Bertz CT molecular complexity index is 309. The standard InChI is InChI=1S/C13H20N2S/c1-3-10-15-13(14-4-2)16-11-12-8-6-5-7-9-12/h5-9H,3-4,10-11H2,1-2H3,(H,14,15). The van der Waals surface area contributed by atoms with Crippen molar-refractivity contribution in [1.29, 1.82) is 0 Å². The van der Waals surface area contributed by atoms with Gasteiger partial charge >= 0.3 is 0 Å². The predicted molar refractivity (Wildman–Crippen MR) is 74.0 cm³/mol. The van der Waals surface area contributed by atoms with E-state index in [9.17, 15) is 0 Å². The minimum atomic E-state index is 0.907. The van der Waals surface area contributed by atoms with Gasteiger partial charge < -0.3 is 5.32 Å². The minimum Gasteiger partial charge on any atom is -0.365 e. The van der Waals surface area contributed by atoms with Gasteiger partial charge in [-0.25, -0.2) is 0 Å². The highest BCUT2D eigenvalue weighted by Crippen LogP contribution is 2.12. The molecule has 1 aromatic carbocycles. The van der Waals surface area contributed by atoms with Crippen molar-refractivity contribution in [2.24, 2.45) is 4.99 Å². The van der Waals surface area contributed by atoms with E-state index in [2.05, 4.69) is 48.4 Å². The van der Waals surface area contributed by atoms with Crippen molar-refractivity contribution in [3.63, 3.8) is 0 Å². The first-order chi connectivity index (χ1) is 7.86. The zero-order valence-electron chi connectivity index (χ0n) is 10.1. The molecule has 3 heteroatoms. The number of hydrogen-bond acceptors (Lipinski definition) is 2. The van der Waals surface area contributed by atoms with E-state index in [0.717, 1.165) is 30.4 Å². The molecule has 0 saturated carbocycles. The number of hydrogen-bond donors (Lipinski definition) is 1. The van der Waals surface area contributed by atoms with Crippen LogP contribution in [-0.4, -0.2) is 18.3 Å². The summed E-state index contributed by atoms with van der Waals surface area (Å²) in [5.74, 6) is 0.983. The molecule has 2 nitrogen and oxygen atoms in total. The highest BCUT2D eigenvalue weighted by molar-refractivity contribution is 8.13. The molecule has 0 saturated heterocycles. The summed E-state index contributed by atoms with van der Waals surface area (Å²) in [4.78, 5) is 4.52. The van der Waals surface area contributed by atoms with Gasteiger partial charge in [0.15, 0.2) is 5.17 Å². The molecule has 0 aromatic heterocycles. The van der Waals surface area contributed by atoms with Crippen LogP contribution in [0.1, 0.15) is 25.8 Å². The van der Waals surface area contributed by atoms with Crippen molar-refractivity contribution in [3.05, 3.63) is 35.9 Å². The zero-order chi connectivity index (χ0) is 11.6. The van der Waals surface area contributed by atoms with Crippen LogP contribution in [0.25, 0.3) is 0 Å². The summed E-state index contributed by atoms with van der Waals surface area (Å²) in [6.45, 7) is 6.09. The van der Waals surface area contributed by atoms with Gasteiger partial charge in [0.05, 0.1) is 0 Å². The third-order valence-corrected chi connectivity index (χ3v) is 3.05. The molecule has 0 heterocycles. The Balaban J connectivity index is 2.43. The number of nitrogens with one attached hydrogen (secondary N) is 1. The second kappa shape index (κ2) is 8.22. The topological polar surface area (TPSA) is 24.4 Å². The molecule has 0 aliphatic carbocycles. The largest absolute Gasteiger partial charge is 0.365 e. The summed E-state index contributed by atoms with van der Waals surface area (Å²) < 4.78 is 0. The molecule has 0 radical (unpaired) electrons. The molecule has 1 rings (SSSR count). The van der Waals surface area contributed by atoms with Crippen LogP contribution < -0.4 is 5.32 Å². The predicted octanol–water partition coefficient (Wildman–Crippen LogP) is 3.30. The Hall–Kier alpha value is -0.960. The maximum absolute atomic E-state index is 4.52. The smallest absolute Gasteiger partial charge is 0.156 e. The van der Waals surface area contributed by atoms with E-state index >= 15 is 0 Å². The molecule has 1 aromatic rings. The van der Waals surface area contributed by atoms with Crippen molar-refractivity contribution in [2.45, 2.75) is 26.0 Å². The Morgan fingerprint density at radius 1 is 1.25 bits per heavy atom. The normalized spacial score (nSPS) is 11.5. The number of aliphatic imine (C=N–C) groups is 1. The van der Waals surface area contributed by atoms with Gasteiger partial charge in [-0.1, -0.05) is 49.0 Å². The monoisotopic (exact) mass is 236 g/mol. The maximum atomic E-state index is 4.52. The van der Waals surface area contributed by atoms with Crippen molar-refractivity contribution >= 4 is 16.9 Å². The molecule has 1 N–H and O–H groups in total. The molecule has 0 atom stereocenters. The van der Waals surface area contributed by atoms with Crippen LogP contribution in [0.3, 0.4) is 0 Å².